The van der Waals surface area contributed by atoms with Crippen molar-refractivity contribution in [2.75, 3.05) is 31.5 Å². The molecule has 0 radical (unpaired) electrons. The van der Waals surface area contributed by atoms with E-state index in [1.54, 1.807) is 9.80 Å². The number of hydrogen-bond acceptors (Lipinski definition) is 3. The van der Waals surface area contributed by atoms with Crippen LogP contribution < -0.4 is 5.32 Å². The van der Waals surface area contributed by atoms with Crippen molar-refractivity contribution in [3.05, 3.63) is 65.2 Å². The van der Waals surface area contributed by atoms with E-state index in [-0.39, 0.29) is 30.6 Å². The Kier molecular flexibility index (Phi) is 6.12. The predicted octanol–water partition coefficient (Wildman–Crippen LogP) is 3.51. The van der Waals surface area contributed by atoms with E-state index in [0.29, 0.717) is 31.7 Å². The van der Waals surface area contributed by atoms with Crippen LogP contribution in [0.1, 0.15) is 40.7 Å². The number of carbonyl (C=O) groups is 3. The van der Waals surface area contributed by atoms with Crippen molar-refractivity contribution in [2.45, 2.75) is 32.1 Å². The molecule has 0 saturated carbocycles. The Balaban J connectivity index is 1.22. The number of anilines is 1. The van der Waals surface area contributed by atoms with E-state index in [2.05, 4.69) is 11.4 Å². The summed E-state index contributed by atoms with van der Waals surface area (Å²) in [6.45, 7) is 1.97. The summed E-state index contributed by atoms with van der Waals surface area (Å²) in [5, 5.41) is 2.87. The predicted molar refractivity (Wildman–Crippen MR) is 116 cm³/mol. The van der Waals surface area contributed by atoms with Gasteiger partial charge in [-0.2, -0.15) is 0 Å². The number of ketones is 1. The number of amides is 3. The minimum absolute atomic E-state index is 0.0207. The molecule has 0 atom stereocenters. The molecule has 1 fully saturated rings. The van der Waals surface area contributed by atoms with E-state index in [9.17, 15) is 14.4 Å². The summed E-state index contributed by atoms with van der Waals surface area (Å²) in [6, 6.07) is 15.1. The number of nitrogens with zero attached hydrogens (tertiary/aromatic N) is 2. The molecule has 30 heavy (non-hydrogen) atoms. The SMILES string of the molecule is O=C(CCC(=O)N1CCN(C(=O)Nc2ccccc2)CC1)c1ccc2c(c1)CCC2. The second-order valence-corrected chi connectivity index (χ2v) is 7.92. The quantitative estimate of drug-likeness (QED) is 0.774. The van der Waals surface area contributed by atoms with Crippen molar-refractivity contribution in [2.24, 2.45) is 0 Å². The third-order valence-corrected chi connectivity index (χ3v) is 5.93. The summed E-state index contributed by atoms with van der Waals surface area (Å²) in [5.41, 5.74) is 4.09. The van der Waals surface area contributed by atoms with Crippen molar-refractivity contribution >= 4 is 23.4 Å². The minimum Gasteiger partial charge on any atom is -0.339 e. The van der Waals surface area contributed by atoms with Gasteiger partial charge in [0, 0.05) is 50.3 Å². The van der Waals surface area contributed by atoms with Crippen LogP contribution in [0.4, 0.5) is 10.5 Å². The Morgan fingerprint density at radius 1 is 0.800 bits per heavy atom. The molecular formula is C24H27N3O3. The fourth-order valence-electron chi connectivity index (χ4n) is 4.15. The molecule has 1 aliphatic carbocycles. The molecule has 4 rings (SSSR count). The second-order valence-electron chi connectivity index (χ2n) is 7.92. The number of urea groups is 1. The molecule has 0 aromatic heterocycles. The standard InChI is InChI=1S/C24H27N3O3/c28-22(20-10-9-18-5-4-6-19(18)17-20)11-12-23(29)26-13-15-27(16-14-26)24(30)25-21-7-2-1-3-8-21/h1-3,7-10,17H,4-6,11-16H2,(H,25,30). The number of aryl methyl sites for hydroxylation is 2. The summed E-state index contributed by atoms with van der Waals surface area (Å²) in [4.78, 5) is 40.9. The molecule has 1 heterocycles. The normalized spacial score (nSPS) is 15.6. The molecule has 2 aromatic rings. The van der Waals surface area contributed by atoms with Gasteiger partial charge < -0.3 is 15.1 Å². The molecule has 6 heteroatoms. The first-order valence-corrected chi connectivity index (χ1v) is 10.6. The van der Waals surface area contributed by atoms with Crippen LogP contribution in [0.2, 0.25) is 0 Å². The molecule has 0 unspecified atom stereocenters. The first-order valence-electron chi connectivity index (χ1n) is 10.6. The van der Waals surface area contributed by atoms with Gasteiger partial charge >= 0.3 is 6.03 Å². The lowest BCUT2D eigenvalue weighted by atomic mass is 10.0. The summed E-state index contributed by atoms with van der Waals surface area (Å²) >= 11 is 0. The number of nitrogens with one attached hydrogen (secondary N) is 1. The molecule has 2 aliphatic rings. The Morgan fingerprint density at radius 2 is 1.50 bits per heavy atom. The van der Waals surface area contributed by atoms with E-state index in [0.717, 1.165) is 24.9 Å². The monoisotopic (exact) mass is 405 g/mol. The number of fused-ring (bicyclic) bond motifs is 1. The number of para-hydroxylation sites is 1. The first-order chi connectivity index (χ1) is 14.6. The van der Waals surface area contributed by atoms with Crippen LogP contribution in [-0.4, -0.2) is 53.7 Å². The molecule has 0 bridgehead atoms. The van der Waals surface area contributed by atoms with Crippen molar-refractivity contribution in [3.8, 4) is 0 Å². The van der Waals surface area contributed by atoms with Crippen molar-refractivity contribution in [1.29, 1.82) is 0 Å². The minimum atomic E-state index is -0.153. The average Bonchev–Trinajstić information content (AvgIpc) is 3.26. The van der Waals surface area contributed by atoms with Gasteiger partial charge in [0.1, 0.15) is 0 Å². The van der Waals surface area contributed by atoms with Gasteiger partial charge in [-0.15, -0.1) is 0 Å². The maximum atomic E-state index is 12.5. The van der Waals surface area contributed by atoms with Gasteiger partial charge in [-0.05, 0) is 48.6 Å². The van der Waals surface area contributed by atoms with Crippen LogP contribution in [0.5, 0.6) is 0 Å². The Labute approximate surface area is 176 Å². The van der Waals surface area contributed by atoms with Crippen LogP contribution in [0.15, 0.2) is 48.5 Å². The highest BCUT2D eigenvalue weighted by atomic mass is 16.2. The molecular weight excluding hydrogens is 378 g/mol. The number of carbonyl (C=O) groups excluding carboxylic acids is 3. The zero-order valence-corrected chi connectivity index (χ0v) is 17.1. The van der Waals surface area contributed by atoms with Crippen molar-refractivity contribution < 1.29 is 14.4 Å². The average molecular weight is 405 g/mol. The van der Waals surface area contributed by atoms with E-state index >= 15 is 0 Å². The van der Waals surface area contributed by atoms with E-state index in [1.165, 1.54) is 11.1 Å². The molecule has 2 aromatic carbocycles. The van der Waals surface area contributed by atoms with Crippen molar-refractivity contribution in [1.82, 2.24) is 9.80 Å². The van der Waals surface area contributed by atoms with E-state index in [1.807, 2.05) is 42.5 Å². The van der Waals surface area contributed by atoms with Crippen LogP contribution in [0.25, 0.3) is 0 Å². The van der Waals surface area contributed by atoms with Crippen molar-refractivity contribution in [3.63, 3.8) is 0 Å². The lowest BCUT2D eigenvalue weighted by Crippen LogP contribution is -2.51. The lowest BCUT2D eigenvalue weighted by molar-refractivity contribution is -0.132. The summed E-state index contributed by atoms with van der Waals surface area (Å²) < 4.78 is 0. The van der Waals surface area contributed by atoms with Gasteiger partial charge in [-0.3, -0.25) is 9.59 Å². The second kappa shape index (κ2) is 9.11. The maximum Gasteiger partial charge on any atom is 0.321 e. The van der Waals surface area contributed by atoms with Gasteiger partial charge in [0.15, 0.2) is 5.78 Å². The fourth-order valence-corrected chi connectivity index (χ4v) is 4.15. The van der Waals surface area contributed by atoms with Gasteiger partial charge in [-0.1, -0.05) is 30.3 Å². The summed E-state index contributed by atoms with van der Waals surface area (Å²) in [7, 11) is 0. The third kappa shape index (κ3) is 4.70. The molecule has 0 spiro atoms. The number of hydrogen-bond donors (Lipinski definition) is 1. The Hall–Kier alpha value is -3.15. The van der Waals surface area contributed by atoms with E-state index in [4.69, 9.17) is 0 Å². The molecule has 1 aliphatic heterocycles. The number of benzene rings is 2. The maximum absolute atomic E-state index is 12.5. The van der Waals surface area contributed by atoms with Gasteiger partial charge in [0.25, 0.3) is 0 Å². The fraction of sp³-hybridized carbons (Fsp3) is 0.375. The lowest BCUT2D eigenvalue weighted by Gasteiger charge is -2.34. The molecule has 3 amide bonds. The zero-order valence-electron chi connectivity index (χ0n) is 17.1. The Morgan fingerprint density at radius 3 is 2.27 bits per heavy atom. The zero-order chi connectivity index (χ0) is 20.9. The smallest absolute Gasteiger partial charge is 0.321 e. The molecule has 1 saturated heterocycles. The summed E-state index contributed by atoms with van der Waals surface area (Å²) in [6.07, 6.45) is 3.73. The number of piperazine rings is 1. The molecule has 6 nitrogen and oxygen atoms in total. The third-order valence-electron chi connectivity index (χ3n) is 5.93. The highest BCUT2D eigenvalue weighted by molar-refractivity contribution is 5.98. The van der Waals surface area contributed by atoms with Crippen LogP contribution in [0.3, 0.4) is 0 Å². The topological polar surface area (TPSA) is 69.7 Å². The highest BCUT2D eigenvalue weighted by Gasteiger charge is 2.24. The van der Waals surface area contributed by atoms with Gasteiger partial charge in [0.05, 0.1) is 0 Å². The Bertz CT molecular complexity index is 934. The van der Waals surface area contributed by atoms with Crippen LogP contribution >= 0.6 is 0 Å². The van der Waals surface area contributed by atoms with Crippen LogP contribution in [-0.2, 0) is 17.6 Å². The first kappa shape index (κ1) is 20.1. The molecule has 1 N–H and O–H groups in total. The summed E-state index contributed by atoms with van der Waals surface area (Å²) in [5.74, 6) is 0.00607. The van der Waals surface area contributed by atoms with Gasteiger partial charge in [-0.25, -0.2) is 4.79 Å². The van der Waals surface area contributed by atoms with Gasteiger partial charge in [0.2, 0.25) is 5.91 Å². The van der Waals surface area contributed by atoms with Crippen LogP contribution in [0, 0.1) is 0 Å². The highest BCUT2D eigenvalue weighted by Crippen LogP contribution is 2.23. The molecule has 156 valence electrons. The van der Waals surface area contributed by atoms with E-state index < -0.39 is 0 Å². The number of Topliss-reactive ketones (excluding diaryl/α,β-unsaturated/α-hetero) is 1. The number of rotatable bonds is 5. The largest absolute Gasteiger partial charge is 0.339 e.